The molecule has 1 amide bonds. The molecule has 1 aromatic rings. The lowest BCUT2D eigenvalue weighted by atomic mass is 10.1. The third-order valence-electron chi connectivity index (χ3n) is 2.43. The molecule has 0 aliphatic heterocycles. The van der Waals surface area contributed by atoms with Crippen molar-refractivity contribution in [3.8, 4) is 0 Å². The fourth-order valence-corrected chi connectivity index (χ4v) is 1.73. The highest BCUT2D eigenvalue weighted by Crippen LogP contribution is 2.11. The first-order valence-electron chi connectivity index (χ1n) is 6.44. The molecule has 0 aliphatic rings. The molecular formula is C15H20ClNO3. The molecule has 0 spiro atoms. The van der Waals surface area contributed by atoms with E-state index in [2.05, 4.69) is 5.32 Å². The highest BCUT2D eigenvalue weighted by molar-refractivity contribution is 6.27. The van der Waals surface area contributed by atoms with Crippen LogP contribution in [0.15, 0.2) is 30.3 Å². The number of carbonyl (C=O) groups is 2. The number of hydrogen-bond donors (Lipinski definition) is 1. The first-order chi connectivity index (χ1) is 9.31. The summed E-state index contributed by atoms with van der Waals surface area (Å²) in [5, 5.41) is 2.59. The van der Waals surface area contributed by atoms with Crippen molar-refractivity contribution in [1.82, 2.24) is 5.32 Å². The Hall–Kier alpha value is -1.55. The lowest BCUT2D eigenvalue weighted by molar-refractivity contribution is -0.158. The molecule has 0 saturated heterocycles. The number of halogens is 1. The van der Waals surface area contributed by atoms with Gasteiger partial charge >= 0.3 is 5.97 Å². The number of hydrogen-bond acceptors (Lipinski definition) is 3. The van der Waals surface area contributed by atoms with Crippen LogP contribution in [0.4, 0.5) is 0 Å². The van der Waals surface area contributed by atoms with Gasteiger partial charge in [-0.15, -0.1) is 11.6 Å². The molecule has 0 saturated carbocycles. The van der Waals surface area contributed by atoms with E-state index in [1.165, 1.54) is 0 Å². The minimum absolute atomic E-state index is 0.186. The van der Waals surface area contributed by atoms with Crippen LogP contribution in [0.3, 0.4) is 0 Å². The predicted molar refractivity (Wildman–Crippen MR) is 78.6 cm³/mol. The molecule has 1 atom stereocenters. The molecule has 0 aromatic heterocycles. The lowest BCUT2D eigenvalue weighted by Crippen LogP contribution is -2.46. The summed E-state index contributed by atoms with van der Waals surface area (Å²) in [5.41, 5.74) is 0.343. The summed E-state index contributed by atoms with van der Waals surface area (Å²) in [5.74, 6) is -1.04. The lowest BCUT2D eigenvalue weighted by Gasteiger charge is -2.24. The number of alkyl halides is 1. The van der Waals surface area contributed by atoms with E-state index in [9.17, 15) is 9.59 Å². The number of carbonyl (C=O) groups excluding carboxylic acids is 2. The number of amides is 1. The summed E-state index contributed by atoms with van der Waals surface area (Å²) in [7, 11) is 0. The Morgan fingerprint density at radius 1 is 1.25 bits per heavy atom. The Kier molecular flexibility index (Phi) is 6.02. The molecule has 1 aromatic carbocycles. The Labute approximate surface area is 124 Å². The van der Waals surface area contributed by atoms with E-state index in [1.807, 2.05) is 30.3 Å². The maximum Gasteiger partial charge on any atom is 0.329 e. The predicted octanol–water partition coefficient (Wildman–Crippen LogP) is 2.29. The van der Waals surface area contributed by atoms with Crippen LogP contribution in [0.5, 0.6) is 0 Å². The second-order valence-electron chi connectivity index (χ2n) is 5.48. The molecule has 0 bridgehead atoms. The fourth-order valence-electron chi connectivity index (χ4n) is 1.65. The van der Waals surface area contributed by atoms with Crippen molar-refractivity contribution in [1.29, 1.82) is 0 Å². The average molecular weight is 298 g/mol. The third kappa shape index (κ3) is 6.06. The topological polar surface area (TPSA) is 55.4 Å². The van der Waals surface area contributed by atoms with Gasteiger partial charge in [-0.3, -0.25) is 4.79 Å². The zero-order chi connectivity index (χ0) is 15.2. The van der Waals surface area contributed by atoms with E-state index in [0.717, 1.165) is 5.56 Å². The number of esters is 1. The van der Waals surface area contributed by atoms with Crippen LogP contribution in [0, 0.1) is 0 Å². The second kappa shape index (κ2) is 7.29. The normalized spacial score (nSPS) is 12.6. The minimum Gasteiger partial charge on any atom is -0.458 e. The molecule has 0 radical (unpaired) electrons. The molecule has 0 aliphatic carbocycles. The Morgan fingerprint density at radius 3 is 2.35 bits per heavy atom. The van der Waals surface area contributed by atoms with Gasteiger partial charge in [0, 0.05) is 6.42 Å². The second-order valence-corrected chi connectivity index (χ2v) is 5.74. The molecule has 110 valence electrons. The van der Waals surface area contributed by atoms with Gasteiger partial charge in [-0.1, -0.05) is 30.3 Å². The highest BCUT2D eigenvalue weighted by Gasteiger charge is 2.26. The number of ether oxygens (including phenoxy) is 1. The number of rotatable bonds is 5. The molecule has 0 heterocycles. The Balaban J connectivity index is 2.79. The molecule has 0 fully saturated rings. The molecule has 1 rings (SSSR count). The summed E-state index contributed by atoms with van der Waals surface area (Å²) in [6.45, 7) is 5.36. The van der Waals surface area contributed by atoms with Crippen LogP contribution in [-0.2, 0) is 20.7 Å². The van der Waals surface area contributed by atoms with Gasteiger partial charge in [-0.05, 0) is 26.3 Å². The van der Waals surface area contributed by atoms with Gasteiger partial charge in [-0.25, -0.2) is 4.79 Å². The van der Waals surface area contributed by atoms with Crippen molar-refractivity contribution in [2.24, 2.45) is 0 Å². The molecule has 4 nitrogen and oxygen atoms in total. The average Bonchev–Trinajstić information content (AvgIpc) is 2.37. The Morgan fingerprint density at radius 2 is 1.85 bits per heavy atom. The Bertz CT molecular complexity index is 454. The van der Waals surface area contributed by atoms with E-state index in [1.54, 1.807) is 20.8 Å². The number of benzene rings is 1. The molecule has 20 heavy (non-hydrogen) atoms. The first kappa shape index (κ1) is 16.5. The summed E-state index contributed by atoms with van der Waals surface area (Å²) < 4.78 is 5.32. The monoisotopic (exact) mass is 297 g/mol. The van der Waals surface area contributed by atoms with Gasteiger partial charge in [0.2, 0.25) is 5.91 Å². The summed E-state index contributed by atoms with van der Waals surface area (Å²) in [6, 6.07) is 8.70. The maximum absolute atomic E-state index is 12.1. The van der Waals surface area contributed by atoms with Gasteiger partial charge in [0.25, 0.3) is 0 Å². The zero-order valence-electron chi connectivity index (χ0n) is 12.0. The molecule has 1 N–H and O–H groups in total. The van der Waals surface area contributed by atoms with Crippen molar-refractivity contribution < 1.29 is 14.3 Å². The van der Waals surface area contributed by atoms with Gasteiger partial charge in [0.1, 0.15) is 17.5 Å². The van der Waals surface area contributed by atoms with Crippen LogP contribution in [0.25, 0.3) is 0 Å². The zero-order valence-corrected chi connectivity index (χ0v) is 12.7. The molecule has 5 heteroatoms. The van der Waals surface area contributed by atoms with Crippen LogP contribution in [0.2, 0.25) is 0 Å². The maximum atomic E-state index is 12.1. The molecular weight excluding hydrogens is 278 g/mol. The van der Waals surface area contributed by atoms with Crippen molar-refractivity contribution in [2.45, 2.75) is 38.8 Å². The highest BCUT2D eigenvalue weighted by atomic mass is 35.5. The van der Waals surface area contributed by atoms with Crippen molar-refractivity contribution in [2.75, 3.05) is 5.88 Å². The van der Waals surface area contributed by atoms with E-state index in [0.29, 0.717) is 6.42 Å². The van der Waals surface area contributed by atoms with Crippen molar-refractivity contribution in [3.05, 3.63) is 35.9 Å². The van der Waals surface area contributed by atoms with Crippen molar-refractivity contribution in [3.63, 3.8) is 0 Å². The standard InChI is InChI=1S/C15H20ClNO3/c1-15(2,3)20-14(19)12(17-13(18)10-16)9-11-7-5-4-6-8-11/h4-8,12H,9-10H2,1-3H3,(H,17,18)/t12-/m0/s1. The summed E-state index contributed by atoms with van der Waals surface area (Å²) in [6.07, 6.45) is 0.373. The van der Waals surface area contributed by atoms with Gasteiger partial charge in [0.05, 0.1) is 0 Å². The third-order valence-corrected chi connectivity index (χ3v) is 2.67. The van der Waals surface area contributed by atoms with Gasteiger partial charge in [0.15, 0.2) is 0 Å². The van der Waals surface area contributed by atoms with Crippen LogP contribution in [-0.4, -0.2) is 29.4 Å². The van der Waals surface area contributed by atoms with E-state index in [-0.39, 0.29) is 5.88 Å². The van der Waals surface area contributed by atoms with Crippen LogP contribution >= 0.6 is 11.6 Å². The number of nitrogens with one attached hydrogen (secondary N) is 1. The summed E-state index contributed by atoms with van der Waals surface area (Å²) >= 11 is 5.47. The summed E-state index contributed by atoms with van der Waals surface area (Å²) in [4.78, 5) is 23.6. The van der Waals surface area contributed by atoms with Gasteiger partial charge in [-0.2, -0.15) is 0 Å². The largest absolute Gasteiger partial charge is 0.458 e. The van der Waals surface area contributed by atoms with Crippen LogP contribution in [0.1, 0.15) is 26.3 Å². The fraction of sp³-hybridized carbons (Fsp3) is 0.467. The minimum atomic E-state index is -0.733. The van der Waals surface area contributed by atoms with Gasteiger partial charge < -0.3 is 10.1 Å². The van der Waals surface area contributed by atoms with Crippen molar-refractivity contribution >= 4 is 23.5 Å². The smallest absolute Gasteiger partial charge is 0.329 e. The van der Waals surface area contributed by atoms with Crippen LogP contribution < -0.4 is 5.32 Å². The quantitative estimate of drug-likeness (QED) is 0.670. The van der Waals surface area contributed by atoms with E-state index >= 15 is 0 Å². The molecule has 0 unspecified atom stereocenters. The van der Waals surface area contributed by atoms with E-state index in [4.69, 9.17) is 16.3 Å². The SMILES string of the molecule is CC(C)(C)OC(=O)[C@H](Cc1ccccc1)NC(=O)CCl. The first-order valence-corrected chi connectivity index (χ1v) is 6.97. The van der Waals surface area contributed by atoms with E-state index < -0.39 is 23.5 Å².